The monoisotopic (exact) mass is 425 g/mol. The van der Waals surface area contributed by atoms with Crippen LogP contribution in [0.15, 0.2) is 44.4 Å². The predicted molar refractivity (Wildman–Crippen MR) is 118 cm³/mol. The average molecular weight is 425 g/mol. The Kier molecular flexibility index (Phi) is 6.74. The summed E-state index contributed by atoms with van der Waals surface area (Å²) in [6, 6.07) is 9.27. The van der Waals surface area contributed by atoms with Gasteiger partial charge in [-0.3, -0.25) is 19.1 Å². The van der Waals surface area contributed by atoms with Gasteiger partial charge in [0.15, 0.2) is 5.69 Å². The lowest BCUT2D eigenvalue weighted by Crippen LogP contribution is -2.42. The number of carbonyl (C=O) groups is 1. The maximum Gasteiger partial charge on any atom is 0.330 e. The Morgan fingerprint density at radius 1 is 1.23 bits per heavy atom. The van der Waals surface area contributed by atoms with Crippen LogP contribution in [0, 0.1) is 6.92 Å². The molecule has 3 N–H and O–H groups in total. The van der Waals surface area contributed by atoms with Gasteiger partial charge in [-0.2, -0.15) is 0 Å². The first-order chi connectivity index (χ1) is 14.9. The van der Waals surface area contributed by atoms with Gasteiger partial charge in [-0.25, -0.2) is 4.79 Å². The first-order valence-corrected chi connectivity index (χ1v) is 10.3. The second kappa shape index (κ2) is 9.46. The summed E-state index contributed by atoms with van der Waals surface area (Å²) in [6.07, 6.45) is 1.95. The Morgan fingerprint density at radius 3 is 2.58 bits per heavy atom. The number of nitrogens with zero attached hydrogens (tertiary/aromatic N) is 3. The third-order valence-corrected chi connectivity index (χ3v) is 5.13. The highest BCUT2D eigenvalue weighted by molar-refractivity contribution is 6.08. The lowest BCUT2D eigenvalue weighted by Gasteiger charge is -2.24. The molecule has 0 saturated carbocycles. The van der Waals surface area contributed by atoms with Crippen LogP contribution in [0.4, 0.5) is 11.5 Å². The van der Waals surface area contributed by atoms with Crippen LogP contribution in [0.25, 0.3) is 0 Å². The summed E-state index contributed by atoms with van der Waals surface area (Å²) in [7, 11) is 0. The van der Waals surface area contributed by atoms with Gasteiger partial charge in [0.05, 0.1) is 12.2 Å². The molecule has 164 valence electrons. The van der Waals surface area contributed by atoms with Crippen molar-refractivity contribution < 1.29 is 9.32 Å². The Hall–Kier alpha value is -3.62. The molecule has 2 aromatic heterocycles. The number of carbonyl (C=O) groups excluding carboxylic acids is 1. The molecule has 0 aliphatic rings. The van der Waals surface area contributed by atoms with Crippen LogP contribution in [0.3, 0.4) is 0 Å². The number of nitrogens with two attached hydrogens (primary N) is 1. The molecule has 0 spiro atoms. The molecule has 31 heavy (non-hydrogen) atoms. The molecule has 0 aliphatic heterocycles. The minimum atomic E-state index is -0.705. The Bertz CT molecular complexity index is 1180. The average Bonchev–Trinajstić information content (AvgIpc) is 3.14. The number of benzene rings is 1. The maximum absolute atomic E-state index is 13.5. The Labute approximate surface area is 179 Å². The molecule has 9 heteroatoms. The molecule has 1 amide bonds. The van der Waals surface area contributed by atoms with E-state index < -0.39 is 17.2 Å². The van der Waals surface area contributed by atoms with Crippen molar-refractivity contribution >= 4 is 17.4 Å². The van der Waals surface area contributed by atoms with Crippen LogP contribution >= 0.6 is 0 Å². The van der Waals surface area contributed by atoms with E-state index in [2.05, 4.69) is 10.1 Å². The van der Waals surface area contributed by atoms with Crippen molar-refractivity contribution in [2.75, 3.05) is 17.2 Å². The van der Waals surface area contributed by atoms with Crippen LogP contribution in [0.1, 0.15) is 54.1 Å². The van der Waals surface area contributed by atoms with E-state index in [1.54, 1.807) is 6.92 Å². The molecule has 0 radical (unpaired) electrons. The van der Waals surface area contributed by atoms with E-state index in [0.717, 1.165) is 12.0 Å². The Balaban J connectivity index is 2.14. The molecular formula is C22H27N5O4. The number of hydrogen-bond acceptors (Lipinski definition) is 6. The number of anilines is 2. The van der Waals surface area contributed by atoms with E-state index in [1.165, 1.54) is 9.47 Å². The summed E-state index contributed by atoms with van der Waals surface area (Å²) in [5.74, 6) is -0.115. The van der Waals surface area contributed by atoms with Gasteiger partial charge in [-0.05, 0) is 25.3 Å². The number of aromatic amines is 1. The summed E-state index contributed by atoms with van der Waals surface area (Å²) in [6.45, 7) is 5.93. The molecular weight excluding hydrogens is 398 g/mol. The number of rotatable bonds is 8. The van der Waals surface area contributed by atoms with Crippen LogP contribution in [-0.4, -0.2) is 27.2 Å². The van der Waals surface area contributed by atoms with E-state index >= 15 is 0 Å². The van der Waals surface area contributed by atoms with E-state index in [-0.39, 0.29) is 24.6 Å². The van der Waals surface area contributed by atoms with Crippen LogP contribution < -0.4 is 21.9 Å². The summed E-state index contributed by atoms with van der Waals surface area (Å²) >= 11 is 0. The first-order valence-electron chi connectivity index (χ1n) is 10.3. The van der Waals surface area contributed by atoms with Crippen LogP contribution in [0.2, 0.25) is 0 Å². The van der Waals surface area contributed by atoms with Crippen molar-refractivity contribution in [3.05, 3.63) is 73.8 Å². The largest absolute Gasteiger partial charge is 0.383 e. The molecule has 0 aliphatic carbocycles. The fourth-order valence-corrected chi connectivity index (χ4v) is 3.46. The van der Waals surface area contributed by atoms with Gasteiger partial charge < -0.3 is 15.2 Å². The second-order valence-corrected chi connectivity index (χ2v) is 7.29. The fourth-order valence-electron chi connectivity index (χ4n) is 3.46. The van der Waals surface area contributed by atoms with Crippen LogP contribution in [0.5, 0.6) is 0 Å². The summed E-state index contributed by atoms with van der Waals surface area (Å²) in [5.41, 5.74) is 6.60. The number of aromatic nitrogens is 3. The van der Waals surface area contributed by atoms with E-state index in [1.807, 2.05) is 44.2 Å². The van der Waals surface area contributed by atoms with E-state index in [0.29, 0.717) is 29.9 Å². The lowest BCUT2D eigenvalue weighted by atomic mass is 10.1. The molecule has 1 aromatic carbocycles. The number of nitrogens with one attached hydrogen (secondary N) is 1. The molecule has 0 atom stereocenters. The smallest absolute Gasteiger partial charge is 0.330 e. The van der Waals surface area contributed by atoms with Gasteiger partial charge in [0, 0.05) is 6.54 Å². The van der Waals surface area contributed by atoms with Gasteiger partial charge >= 0.3 is 5.69 Å². The second-order valence-electron chi connectivity index (χ2n) is 7.29. The minimum Gasteiger partial charge on any atom is -0.383 e. The minimum absolute atomic E-state index is 0.0448. The normalized spacial score (nSPS) is 10.9. The highest BCUT2D eigenvalue weighted by atomic mass is 16.5. The number of aryl methyl sites for hydroxylation is 2. The zero-order valence-corrected chi connectivity index (χ0v) is 18.0. The molecule has 3 rings (SSSR count). The molecule has 9 nitrogen and oxygen atoms in total. The van der Waals surface area contributed by atoms with Gasteiger partial charge in [0.1, 0.15) is 17.1 Å². The van der Waals surface area contributed by atoms with Gasteiger partial charge in [0.2, 0.25) is 0 Å². The number of H-pyrrole nitrogens is 1. The van der Waals surface area contributed by atoms with Crippen molar-refractivity contribution in [2.45, 2.75) is 46.6 Å². The highest BCUT2D eigenvalue weighted by Gasteiger charge is 2.29. The zero-order valence-electron chi connectivity index (χ0n) is 18.0. The van der Waals surface area contributed by atoms with Crippen molar-refractivity contribution in [3.63, 3.8) is 0 Å². The Morgan fingerprint density at radius 2 is 1.94 bits per heavy atom. The summed E-state index contributed by atoms with van der Waals surface area (Å²) in [4.78, 5) is 42.4. The first kappa shape index (κ1) is 22.1. The van der Waals surface area contributed by atoms with Crippen molar-refractivity contribution in [2.24, 2.45) is 0 Å². The maximum atomic E-state index is 13.5. The predicted octanol–water partition coefficient (Wildman–Crippen LogP) is 2.47. The lowest BCUT2D eigenvalue weighted by molar-refractivity contribution is 0.0984. The standard InChI is InChI=1S/C22H27N5O4/c1-4-6-12-26(21(29)17-14(3)31-25-16(17)5-2)18-19(23)27(22(30)24-20(18)28)13-15-10-8-7-9-11-15/h7-11H,4-6,12-13,23H2,1-3H3,(H,24,28,30). The fraction of sp³-hybridized carbons (Fsp3) is 0.364. The zero-order chi connectivity index (χ0) is 22.5. The van der Waals surface area contributed by atoms with Crippen molar-refractivity contribution in [3.8, 4) is 0 Å². The highest BCUT2D eigenvalue weighted by Crippen LogP contribution is 2.24. The van der Waals surface area contributed by atoms with Gasteiger partial charge in [-0.1, -0.05) is 55.8 Å². The van der Waals surface area contributed by atoms with E-state index in [9.17, 15) is 14.4 Å². The molecule has 0 fully saturated rings. The number of unbranched alkanes of at least 4 members (excludes halogenated alkanes) is 1. The number of hydrogen-bond donors (Lipinski definition) is 2. The van der Waals surface area contributed by atoms with Crippen molar-refractivity contribution in [1.82, 2.24) is 14.7 Å². The third kappa shape index (κ3) is 4.45. The summed E-state index contributed by atoms with van der Waals surface area (Å²) in [5, 5.41) is 3.95. The van der Waals surface area contributed by atoms with E-state index in [4.69, 9.17) is 10.3 Å². The van der Waals surface area contributed by atoms with Crippen molar-refractivity contribution in [1.29, 1.82) is 0 Å². The van der Waals surface area contributed by atoms with Gasteiger partial charge in [0.25, 0.3) is 11.5 Å². The molecule has 3 aromatic rings. The topological polar surface area (TPSA) is 127 Å². The number of nitrogen functional groups attached to an aromatic ring is 1. The third-order valence-electron chi connectivity index (χ3n) is 5.13. The molecule has 0 unspecified atom stereocenters. The molecule has 2 heterocycles. The SMILES string of the molecule is CCCCN(C(=O)c1c(CC)noc1C)c1c(N)n(Cc2ccccc2)c(=O)[nH]c1=O. The quantitative estimate of drug-likeness (QED) is 0.571. The summed E-state index contributed by atoms with van der Waals surface area (Å²) < 4.78 is 6.47. The number of amides is 1. The van der Waals surface area contributed by atoms with Gasteiger partial charge in [-0.15, -0.1) is 0 Å². The molecule has 0 saturated heterocycles. The molecule has 0 bridgehead atoms. The van der Waals surface area contributed by atoms with Crippen LogP contribution in [-0.2, 0) is 13.0 Å².